The van der Waals surface area contributed by atoms with Crippen molar-refractivity contribution in [2.24, 2.45) is 11.8 Å². The number of esters is 1. The van der Waals surface area contributed by atoms with E-state index in [0.29, 0.717) is 43.1 Å². The summed E-state index contributed by atoms with van der Waals surface area (Å²) in [6.07, 6.45) is 2.85. The molecule has 4 fully saturated rings. The molecule has 0 aromatic heterocycles. The van der Waals surface area contributed by atoms with Crippen LogP contribution in [0.2, 0.25) is 0 Å². The Hall–Kier alpha value is -0.870. The van der Waals surface area contributed by atoms with E-state index in [1.165, 1.54) is 0 Å². The van der Waals surface area contributed by atoms with Gasteiger partial charge in [0.2, 0.25) is 0 Å². The zero-order valence-electron chi connectivity index (χ0n) is 10.7. The third-order valence-corrected chi connectivity index (χ3v) is 4.78. The van der Waals surface area contributed by atoms with Crippen molar-refractivity contribution in [1.82, 2.24) is 0 Å². The molecule has 0 unspecified atom stereocenters. The van der Waals surface area contributed by atoms with E-state index in [1.807, 2.05) is 0 Å². The van der Waals surface area contributed by atoms with Crippen LogP contribution in [-0.2, 0) is 9.53 Å². The minimum absolute atomic E-state index is 0.302. The molecule has 0 saturated heterocycles. The van der Waals surface area contributed by atoms with Crippen LogP contribution in [0.1, 0.15) is 39.0 Å². The molecule has 2 N–H and O–H groups in total. The Kier molecular flexibility index (Phi) is 2.42. The van der Waals surface area contributed by atoms with Crippen LogP contribution in [0, 0.1) is 11.8 Å². The quantitative estimate of drug-likeness (QED) is 0.571. The second-order valence-corrected chi connectivity index (χ2v) is 6.56. The molecule has 4 aliphatic carbocycles. The van der Waals surface area contributed by atoms with Crippen molar-refractivity contribution in [1.29, 1.82) is 0 Å². The van der Waals surface area contributed by atoms with Crippen molar-refractivity contribution in [2.75, 3.05) is 0 Å². The molecule has 18 heavy (non-hydrogen) atoms. The average molecular weight is 252 g/mol. The van der Waals surface area contributed by atoms with Gasteiger partial charge in [0, 0.05) is 5.57 Å². The van der Waals surface area contributed by atoms with Crippen LogP contribution in [0.5, 0.6) is 0 Å². The van der Waals surface area contributed by atoms with Gasteiger partial charge >= 0.3 is 5.97 Å². The summed E-state index contributed by atoms with van der Waals surface area (Å²) in [6, 6.07) is 0. The van der Waals surface area contributed by atoms with Gasteiger partial charge in [-0.3, -0.25) is 0 Å². The molecule has 4 nitrogen and oxygen atoms in total. The first-order chi connectivity index (χ1) is 8.32. The highest BCUT2D eigenvalue weighted by molar-refractivity contribution is 5.87. The fourth-order valence-electron chi connectivity index (χ4n) is 4.47. The molecule has 0 aliphatic heterocycles. The molecule has 0 spiro atoms. The summed E-state index contributed by atoms with van der Waals surface area (Å²) in [5.41, 5.74) is -1.77. The first-order valence-corrected chi connectivity index (χ1v) is 6.64. The van der Waals surface area contributed by atoms with Gasteiger partial charge in [0.05, 0.1) is 0 Å². The number of carbonyl (C=O) groups excluding carboxylic acids is 1. The van der Waals surface area contributed by atoms with Crippen molar-refractivity contribution in [3.05, 3.63) is 12.2 Å². The first kappa shape index (κ1) is 12.2. The molecule has 0 atom stereocenters. The zero-order valence-corrected chi connectivity index (χ0v) is 10.7. The third-order valence-electron chi connectivity index (χ3n) is 4.78. The van der Waals surface area contributed by atoms with Crippen LogP contribution >= 0.6 is 0 Å². The number of rotatable bonds is 2. The second kappa shape index (κ2) is 3.58. The fraction of sp³-hybridized carbons (Fsp3) is 0.786. The lowest BCUT2D eigenvalue weighted by atomic mass is 9.51. The van der Waals surface area contributed by atoms with Crippen molar-refractivity contribution >= 4 is 5.97 Å². The molecule has 4 bridgehead atoms. The Balaban J connectivity index is 1.89. The molecule has 4 aliphatic rings. The van der Waals surface area contributed by atoms with E-state index in [1.54, 1.807) is 6.92 Å². The maximum absolute atomic E-state index is 11.7. The molecular weight excluding hydrogens is 232 g/mol. The monoisotopic (exact) mass is 252 g/mol. The lowest BCUT2D eigenvalue weighted by molar-refractivity contribution is -0.276. The standard InChI is InChI=1S/C14H20O4/c1-8(2)11(15)18-12-13(16)4-9-3-10(6-13)7-14(12,17)5-9/h9-10,12,16-17H,1,3-7H2,2H3. The molecule has 0 heterocycles. The van der Waals surface area contributed by atoms with Crippen LogP contribution in [-0.4, -0.2) is 33.5 Å². The van der Waals surface area contributed by atoms with Crippen molar-refractivity contribution in [3.8, 4) is 0 Å². The Morgan fingerprint density at radius 1 is 1.17 bits per heavy atom. The summed E-state index contributed by atoms with van der Waals surface area (Å²) >= 11 is 0. The Morgan fingerprint density at radius 2 is 1.61 bits per heavy atom. The van der Waals surface area contributed by atoms with Crippen LogP contribution in [0.15, 0.2) is 12.2 Å². The van der Waals surface area contributed by atoms with E-state index in [0.717, 1.165) is 6.42 Å². The Morgan fingerprint density at radius 3 is 2.00 bits per heavy atom. The van der Waals surface area contributed by atoms with Crippen LogP contribution in [0.4, 0.5) is 0 Å². The topological polar surface area (TPSA) is 66.8 Å². The number of hydrogen-bond donors (Lipinski definition) is 2. The van der Waals surface area contributed by atoms with Gasteiger partial charge in [0.15, 0.2) is 6.10 Å². The smallest absolute Gasteiger partial charge is 0.333 e. The van der Waals surface area contributed by atoms with Crippen molar-refractivity contribution < 1.29 is 19.7 Å². The molecule has 4 saturated carbocycles. The van der Waals surface area contributed by atoms with E-state index in [-0.39, 0.29) is 0 Å². The second-order valence-electron chi connectivity index (χ2n) is 6.56. The number of ether oxygens (including phenoxy) is 1. The summed E-state index contributed by atoms with van der Waals surface area (Å²) in [6.45, 7) is 5.12. The lowest BCUT2D eigenvalue weighted by Gasteiger charge is -2.61. The van der Waals surface area contributed by atoms with Gasteiger partial charge in [-0.15, -0.1) is 0 Å². The predicted octanol–water partition coefficient (Wildman–Crippen LogP) is 1.16. The van der Waals surface area contributed by atoms with E-state index in [9.17, 15) is 15.0 Å². The summed E-state index contributed by atoms with van der Waals surface area (Å²) < 4.78 is 5.36. The van der Waals surface area contributed by atoms with Crippen LogP contribution in [0.3, 0.4) is 0 Å². The maximum atomic E-state index is 11.7. The van der Waals surface area contributed by atoms with E-state index in [4.69, 9.17) is 4.74 Å². The average Bonchev–Trinajstić information content (AvgIpc) is 2.20. The van der Waals surface area contributed by atoms with Gasteiger partial charge in [-0.25, -0.2) is 4.79 Å². The van der Waals surface area contributed by atoms with E-state index < -0.39 is 23.3 Å². The van der Waals surface area contributed by atoms with Crippen LogP contribution < -0.4 is 0 Å². The minimum atomic E-state index is -1.04. The number of aliphatic hydroxyl groups is 2. The predicted molar refractivity (Wildman–Crippen MR) is 64.7 cm³/mol. The number of hydrogen-bond acceptors (Lipinski definition) is 4. The first-order valence-electron chi connectivity index (χ1n) is 6.64. The molecule has 4 rings (SSSR count). The maximum Gasteiger partial charge on any atom is 0.333 e. The number of carbonyl (C=O) groups is 1. The lowest BCUT2D eigenvalue weighted by Crippen LogP contribution is -2.70. The molecular formula is C14H20O4. The highest BCUT2D eigenvalue weighted by Crippen LogP contribution is 2.58. The third kappa shape index (κ3) is 1.62. The van der Waals surface area contributed by atoms with Gasteiger partial charge < -0.3 is 14.9 Å². The Labute approximate surface area is 107 Å². The van der Waals surface area contributed by atoms with Crippen LogP contribution in [0.25, 0.3) is 0 Å². The summed E-state index contributed by atoms with van der Waals surface area (Å²) in [7, 11) is 0. The molecule has 4 heteroatoms. The van der Waals surface area contributed by atoms with Crippen molar-refractivity contribution in [2.45, 2.75) is 56.3 Å². The Bertz CT molecular complexity index is 378. The van der Waals surface area contributed by atoms with Gasteiger partial charge in [0.1, 0.15) is 11.2 Å². The van der Waals surface area contributed by atoms with E-state index in [2.05, 4.69) is 6.58 Å². The molecule has 0 radical (unpaired) electrons. The van der Waals surface area contributed by atoms with Gasteiger partial charge in [0.25, 0.3) is 0 Å². The van der Waals surface area contributed by atoms with Gasteiger partial charge in [-0.1, -0.05) is 6.58 Å². The molecule has 0 aromatic rings. The SMILES string of the molecule is C=C(C)C(=O)OC1C2(O)CC3CC(C2)CC1(O)C3. The molecule has 0 amide bonds. The zero-order chi connectivity index (χ0) is 13.1. The van der Waals surface area contributed by atoms with Crippen molar-refractivity contribution in [3.63, 3.8) is 0 Å². The molecule has 0 aromatic carbocycles. The highest BCUT2D eigenvalue weighted by atomic mass is 16.6. The van der Waals surface area contributed by atoms with E-state index >= 15 is 0 Å². The van der Waals surface area contributed by atoms with Gasteiger partial charge in [-0.05, 0) is 50.9 Å². The summed E-state index contributed by atoms with van der Waals surface area (Å²) in [5, 5.41) is 21.4. The summed E-state index contributed by atoms with van der Waals surface area (Å²) in [4.78, 5) is 11.7. The fourth-order valence-corrected chi connectivity index (χ4v) is 4.47. The highest BCUT2D eigenvalue weighted by Gasteiger charge is 2.65. The minimum Gasteiger partial charge on any atom is -0.453 e. The summed E-state index contributed by atoms with van der Waals surface area (Å²) in [5.74, 6) is 0.217. The van der Waals surface area contributed by atoms with Gasteiger partial charge in [-0.2, -0.15) is 0 Å². The normalized spacial score (nSPS) is 49.2. The largest absolute Gasteiger partial charge is 0.453 e. The molecule has 100 valence electrons.